The fourth-order valence-electron chi connectivity index (χ4n) is 3.17. The van der Waals surface area contributed by atoms with Gasteiger partial charge in [-0.05, 0) is 44.6 Å². The smallest absolute Gasteiger partial charge is 0.416 e. The second-order valence-electron chi connectivity index (χ2n) is 6.31. The van der Waals surface area contributed by atoms with Crippen molar-refractivity contribution >= 4 is 0 Å². The summed E-state index contributed by atoms with van der Waals surface area (Å²) in [4.78, 5) is 18.9. The number of hydrogen-bond donors (Lipinski definition) is 1. The van der Waals surface area contributed by atoms with Gasteiger partial charge >= 0.3 is 6.18 Å². The van der Waals surface area contributed by atoms with Crippen molar-refractivity contribution < 1.29 is 18.3 Å². The summed E-state index contributed by atoms with van der Waals surface area (Å²) in [5, 5.41) is 9.99. The van der Waals surface area contributed by atoms with E-state index < -0.39 is 17.5 Å². The van der Waals surface area contributed by atoms with Crippen molar-refractivity contribution in [3.63, 3.8) is 0 Å². The molecule has 1 aromatic carbocycles. The van der Waals surface area contributed by atoms with Gasteiger partial charge in [-0.15, -0.1) is 0 Å². The van der Waals surface area contributed by atoms with Crippen LogP contribution in [0.15, 0.2) is 35.5 Å². The molecule has 1 unspecified atom stereocenters. The van der Waals surface area contributed by atoms with Crippen LogP contribution in [0.3, 0.4) is 0 Å². The van der Waals surface area contributed by atoms with Gasteiger partial charge in [0.15, 0.2) is 0 Å². The van der Waals surface area contributed by atoms with Crippen molar-refractivity contribution in [2.24, 2.45) is 0 Å². The van der Waals surface area contributed by atoms with Crippen molar-refractivity contribution in [1.29, 1.82) is 0 Å². The molecular weight excluding hydrogens is 335 g/mol. The molecule has 1 aliphatic heterocycles. The number of phenols is 1. The summed E-state index contributed by atoms with van der Waals surface area (Å²) in [6, 6.07) is 2.53. The predicted molar refractivity (Wildman–Crippen MR) is 86.4 cm³/mol. The van der Waals surface area contributed by atoms with Crippen LogP contribution in [-0.2, 0) is 6.18 Å². The third-order valence-electron chi connectivity index (χ3n) is 4.47. The number of benzene rings is 1. The summed E-state index contributed by atoms with van der Waals surface area (Å²) in [5.74, 6) is -0.591. The highest BCUT2D eigenvalue weighted by atomic mass is 19.4. The number of aromatic nitrogens is 2. The molecule has 2 heterocycles. The Morgan fingerprint density at radius 2 is 2.04 bits per heavy atom. The summed E-state index contributed by atoms with van der Waals surface area (Å²) in [5.41, 5.74) is -1.21. The van der Waals surface area contributed by atoms with E-state index in [-0.39, 0.29) is 22.7 Å². The third kappa shape index (κ3) is 3.53. The minimum absolute atomic E-state index is 0.0454. The van der Waals surface area contributed by atoms with Crippen LogP contribution in [0.4, 0.5) is 13.2 Å². The van der Waals surface area contributed by atoms with Crippen molar-refractivity contribution in [2.45, 2.75) is 25.1 Å². The number of phenolic OH excluding ortho intramolecular Hbond substituents is 1. The largest absolute Gasteiger partial charge is 0.507 e. The second-order valence-corrected chi connectivity index (χ2v) is 6.31. The Balaban J connectivity index is 2.01. The van der Waals surface area contributed by atoms with E-state index in [2.05, 4.69) is 9.88 Å². The molecule has 5 nitrogen and oxygen atoms in total. The lowest BCUT2D eigenvalue weighted by Gasteiger charge is -2.30. The molecule has 1 aliphatic rings. The fourth-order valence-corrected chi connectivity index (χ4v) is 3.17. The van der Waals surface area contributed by atoms with Gasteiger partial charge in [0.25, 0.3) is 5.56 Å². The summed E-state index contributed by atoms with van der Waals surface area (Å²) in [6.07, 6.45) is -0.0694. The normalized spacial score (nSPS) is 19.1. The zero-order chi connectivity index (χ0) is 18.2. The highest BCUT2D eigenvalue weighted by molar-refractivity contribution is 5.69. The van der Waals surface area contributed by atoms with Gasteiger partial charge in [0.2, 0.25) is 0 Å². The van der Waals surface area contributed by atoms with Crippen molar-refractivity contribution in [3.05, 3.63) is 46.6 Å². The van der Waals surface area contributed by atoms with Crippen LogP contribution >= 0.6 is 0 Å². The maximum atomic E-state index is 12.8. The molecule has 0 radical (unpaired) electrons. The first kappa shape index (κ1) is 17.5. The number of aromatic hydroxyl groups is 1. The van der Waals surface area contributed by atoms with Crippen LogP contribution < -0.4 is 5.56 Å². The molecule has 1 fully saturated rings. The highest BCUT2D eigenvalue weighted by Crippen LogP contribution is 2.35. The number of rotatable bonds is 2. The standard InChI is InChI=1S/C17H18F3N3O2/c1-22-6-2-3-12(9-22)23-10-21-8-14(16(23)25)13-5-4-11(7-15(13)24)17(18,19)20/h4-5,7-8,10,12,24H,2-3,6,9H2,1H3. The minimum Gasteiger partial charge on any atom is -0.507 e. The van der Waals surface area contributed by atoms with E-state index in [1.165, 1.54) is 17.1 Å². The maximum absolute atomic E-state index is 12.8. The van der Waals surface area contributed by atoms with Crippen LogP contribution in [-0.4, -0.2) is 39.7 Å². The van der Waals surface area contributed by atoms with Gasteiger partial charge in [0.1, 0.15) is 5.75 Å². The number of likely N-dealkylation sites (N-methyl/N-ethyl adjacent to an activating group) is 1. The Morgan fingerprint density at radius 1 is 1.28 bits per heavy atom. The van der Waals surface area contributed by atoms with Crippen molar-refractivity contribution in [3.8, 4) is 16.9 Å². The molecule has 1 saturated heterocycles. The van der Waals surface area contributed by atoms with Crippen LogP contribution in [0.2, 0.25) is 0 Å². The van der Waals surface area contributed by atoms with Crippen LogP contribution in [0.1, 0.15) is 24.4 Å². The quantitative estimate of drug-likeness (QED) is 0.902. The number of piperidine rings is 1. The molecule has 1 atom stereocenters. The Bertz CT molecular complexity index is 833. The molecule has 0 aliphatic carbocycles. The Morgan fingerprint density at radius 3 is 2.68 bits per heavy atom. The van der Waals surface area contributed by atoms with Crippen LogP contribution in [0.5, 0.6) is 5.75 Å². The molecule has 8 heteroatoms. The van der Waals surface area contributed by atoms with Gasteiger partial charge < -0.3 is 10.0 Å². The van der Waals surface area contributed by atoms with E-state index >= 15 is 0 Å². The molecule has 0 spiro atoms. The first-order valence-corrected chi connectivity index (χ1v) is 7.92. The van der Waals surface area contributed by atoms with E-state index in [4.69, 9.17) is 0 Å². The lowest BCUT2D eigenvalue weighted by atomic mass is 10.0. The summed E-state index contributed by atoms with van der Waals surface area (Å²) < 4.78 is 39.7. The number of nitrogens with zero attached hydrogens (tertiary/aromatic N) is 3. The van der Waals surface area contributed by atoms with E-state index in [0.29, 0.717) is 12.6 Å². The molecule has 0 bridgehead atoms. The molecule has 3 rings (SSSR count). The van der Waals surface area contributed by atoms with E-state index in [0.717, 1.165) is 31.5 Å². The topological polar surface area (TPSA) is 58.4 Å². The SMILES string of the molecule is CN1CCCC(n2cncc(-c3ccc(C(F)(F)F)cc3O)c2=O)C1. The Labute approximate surface area is 142 Å². The number of alkyl halides is 3. The predicted octanol–water partition coefficient (Wildman–Crippen LogP) is 2.90. The third-order valence-corrected chi connectivity index (χ3v) is 4.47. The summed E-state index contributed by atoms with van der Waals surface area (Å²) in [7, 11) is 1.97. The van der Waals surface area contributed by atoms with Gasteiger partial charge in [-0.25, -0.2) is 4.98 Å². The average molecular weight is 353 g/mol. The van der Waals surface area contributed by atoms with E-state index in [1.54, 1.807) is 0 Å². The first-order chi connectivity index (χ1) is 11.8. The molecule has 25 heavy (non-hydrogen) atoms. The monoisotopic (exact) mass is 353 g/mol. The van der Waals surface area contributed by atoms with Crippen molar-refractivity contribution in [2.75, 3.05) is 20.1 Å². The lowest BCUT2D eigenvalue weighted by Crippen LogP contribution is -2.38. The van der Waals surface area contributed by atoms with Crippen LogP contribution in [0, 0.1) is 0 Å². The van der Waals surface area contributed by atoms with Crippen LogP contribution in [0.25, 0.3) is 11.1 Å². The lowest BCUT2D eigenvalue weighted by molar-refractivity contribution is -0.137. The average Bonchev–Trinajstić information content (AvgIpc) is 2.54. The zero-order valence-electron chi connectivity index (χ0n) is 13.6. The first-order valence-electron chi connectivity index (χ1n) is 7.92. The van der Waals surface area contributed by atoms with E-state index in [1.807, 2.05) is 7.05 Å². The van der Waals surface area contributed by atoms with Gasteiger partial charge in [0, 0.05) is 18.3 Å². The minimum atomic E-state index is -4.56. The molecule has 0 amide bonds. The van der Waals surface area contributed by atoms with Crippen molar-refractivity contribution in [1.82, 2.24) is 14.5 Å². The Hall–Kier alpha value is -2.35. The second kappa shape index (κ2) is 6.51. The Kier molecular flexibility index (Phi) is 4.55. The van der Waals surface area contributed by atoms with Gasteiger partial charge in [-0.2, -0.15) is 13.2 Å². The number of likely N-dealkylation sites (tertiary alicyclic amines) is 1. The number of hydrogen-bond acceptors (Lipinski definition) is 4. The molecule has 1 N–H and O–H groups in total. The highest BCUT2D eigenvalue weighted by Gasteiger charge is 2.31. The van der Waals surface area contributed by atoms with E-state index in [9.17, 15) is 23.1 Å². The maximum Gasteiger partial charge on any atom is 0.416 e. The molecular formula is C17H18F3N3O2. The molecule has 2 aromatic rings. The van der Waals surface area contributed by atoms with Gasteiger partial charge in [-0.1, -0.05) is 0 Å². The summed E-state index contributed by atoms with van der Waals surface area (Å²) in [6.45, 7) is 1.65. The summed E-state index contributed by atoms with van der Waals surface area (Å²) >= 11 is 0. The molecule has 1 aromatic heterocycles. The number of halogens is 3. The zero-order valence-corrected chi connectivity index (χ0v) is 13.6. The van der Waals surface area contributed by atoms with Gasteiger partial charge in [-0.3, -0.25) is 9.36 Å². The molecule has 0 saturated carbocycles. The fraction of sp³-hybridized carbons (Fsp3) is 0.412. The molecule has 134 valence electrons. The van der Waals surface area contributed by atoms with Gasteiger partial charge in [0.05, 0.1) is 23.5 Å².